The van der Waals surface area contributed by atoms with E-state index in [-0.39, 0.29) is 0 Å². The minimum atomic E-state index is -1.92. The molecule has 0 saturated carbocycles. The van der Waals surface area contributed by atoms with E-state index in [1.54, 1.807) is 0 Å². The van der Waals surface area contributed by atoms with Crippen LogP contribution in [0.2, 0.25) is 0 Å². The van der Waals surface area contributed by atoms with Crippen LogP contribution in [0.5, 0.6) is 0 Å². The number of nitrogens with two attached hydrogens (primary N) is 1. The molecule has 4 N–H and O–H groups in total. The van der Waals surface area contributed by atoms with Gasteiger partial charge in [-0.05, 0) is 0 Å². The first-order valence-corrected chi connectivity index (χ1v) is 5.42. The van der Waals surface area contributed by atoms with Crippen molar-refractivity contribution in [1.29, 1.82) is 0 Å². The molecule has 2 heterocycles. The summed E-state index contributed by atoms with van der Waals surface area (Å²) < 4.78 is 19.7. The maximum Gasteiger partial charge on any atom is 0.284 e. The Morgan fingerprint density at radius 3 is 2.84 bits per heavy atom. The van der Waals surface area contributed by atoms with Crippen LogP contribution in [0.15, 0.2) is 17.2 Å². The van der Waals surface area contributed by atoms with Gasteiger partial charge in [0.2, 0.25) is 0 Å². The first-order valence-electron chi connectivity index (χ1n) is 5.42. The Morgan fingerprint density at radius 1 is 1.63 bits per heavy atom. The topological polar surface area (TPSA) is 128 Å². The summed E-state index contributed by atoms with van der Waals surface area (Å²) in [5.74, 6) is -1.05. The maximum atomic E-state index is 13.8. The first kappa shape index (κ1) is 13.6. The van der Waals surface area contributed by atoms with E-state index >= 15 is 0 Å². The van der Waals surface area contributed by atoms with Crippen molar-refractivity contribution in [2.75, 3.05) is 6.61 Å². The summed E-state index contributed by atoms with van der Waals surface area (Å²) >= 11 is 0. The number of alkyl halides is 1. The number of rotatable bonds is 3. The second-order valence-corrected chi connectivity index (χ2v) is 4.04. The SMILES string of the molecule is NC(=O)c1nccn([C@@H]2O[C@H](CO)[C@H](O)[C@H]2F)c1=O. The number of aromatic nitrogens is 2. The lowest BCUT2D eigenvalue weighted by atomic mass is 10.1. The number of primary amides is 1. The molecular formula is C10H12FN3O5. The molecule has 8 nitrogen and oxygen atoms in total. The van der Waals surface area contributed by atoms with E-state index in [1.165, 1.54) is 0 Å². The standard InChI is InChI=1S/C10H12FN3O5/c11-5-7(16)4(3-15)19-10(5)14-2-1-13-6(8(12)17)9(14)18/h1-2,4-5,7,10,15-16H,3H2,(H2,12,17)/t4-,5-,7+,10-/m1/s1. The molecule has 1 saturated heterocycles. The second-order valence-electron chi connectivity index (χ2n) is 4.04. The predicted octanol–water partition coefficient (Wildman–Crippen LogP) is -2.07. The molecule has 0 aliphatic carbocycles. The number of amides is 1. The number of carbonyl (C=O) groups is 1. The molecule has 1 aromatic rings. The average molecular weight is 273 g/mol. The average Bonchev–Trinajstić information content (AvgIpc) is 2.66. The van der Waals surface area contributed by atoms with Gasteiger partial charge in [0, 0.05) is 12.4 Å². The van der Waals surface area contributed by atoms with Crippen LogP contribution >= 0.6 is 0 Å². The molecule has 104 valence electrons. The van der Waals surface area contributed by atoms with Gasteiger partial charge in [-0.15, -0.1) is 0 Å². The lowest BCUT2D eigenvalue weighted by Gasteiger charge is -2.16. The van der Waals surface area contributed by atoms with Crippen molar-refractivity contribution in [3.63, 3.8) is 0 Å². The monoisotopic (exact) mass is 273 g/mol. The number of halogens is 1. The summed E-state index contributed by atoms with van der Waals surface area (Å²) in [6, 6.07) is 0. The zero-order chi connectivity index (χ0) is 14.2. The minimum absolute atomic E-state index is 0.555. The summed E-state index contributed by atoms with van der Waals surface area (Å²) in [5.41, 5.74) is 3.48. The van der Waals surface area contributed by atoms with E-state index in [0.29, 0.717) is 0 Å². The van der Waals surface area contributed by atoms with Crippen molar-refractivity contribution >= 4 is 5.91 Å². The number of nitrogens with zero attached hydrogens (tertiary/aromatic N) is 2. The number of ether oxygens (including phenoxy) is 1. The molecule has 0 bridgehead atoms. The predicted molar refractivity (Wildman–Crippen MR) is 58.9 cm³/mol. The molecule has 0 aromatic carbocycles. The molecule has 2 rings (SSSR count). The van der Waals surface area contributed by atoms with Crippen molar-refractivity contribution in [1.82, 2.24) is 9.55 Å². The van der Waals surface area contributed by atoms with Crippen LogP contribution < -0.4 is 11.3 Å². The van der Waals surface area contributed by atoms with Crippen LogP contribution in [0, 0.1) is 0 Å². The largest absolute Gasteiger partial charge is 0.394 e. The van der Waals surface area contributed by atoms with E-state index in [2.05, 4.69) is 4.98 Å². The Hall–Kier alpha value is -1.84. The fraction of sp³-hybridized carbons (Fsp3) is 0.500. The van der Waals surface area contributed by atoms with E-state index < -0.39 is 48.4 Å². The Bertz CT molecular complexity index is 548. The molecule has 0 spiro atoms. The molecular weight excluding hydrogens is 261 g/mol. The number of aliphatic hydroxyl groups excluding tert-OH is 2. The smallest absolute Gasteiger partial charge is 0.284 e. The molecule has 1 aliphatic heterocycles. The molecule has 0 radical (unpaired) electrons. The molecule has 4 atom stereocenters. The van der Waals surface area contributed by atoms with Gasteiger partial charge < -0.3 is 20.7 Å². The highest BCUT2D eigenvalue weighted by atomic mass is 19.1. The number of hydrogen-bond acceptors (Lipinski definition) is 6. The Kier molecular flexibility index (Phi) is 3.60. The van der Waals surface area contributed by atoms with Crippen LogP contribution in [0.4, 0.5) is 4.39 Å². The molecule has 1 fully saturated rings. The highest BCUT2D eigenvalue weighted by Gasteiger charge is 2.45. The summed E-state index contributed by atoms with van der Waals surface area (Å²) in [6.45, 7) is -0.597. The lowest BCUT2D eigenvalue weighted by Crippen LogP contribution is -2.36. The van der Waals surface area contributed by atoms with Gasteiger partial charge in [0.05, 0.1) is 6.61 Å². The highest BCUT2D eigenvalue weighted by Crippen LogP contribution is 2.30. The van der Waals surface area contributed by atoms with Gasteiger partial charge >= 0.3 is 0 Å². The highest BCUT2D eigenvalue weighted by molar-refractivity contribution is 5.90. The minimum Gasteiger partial charge on any atom is -0.394 e. The summed E-state index contributed by atoms with van der Waals surface area (Å²) in [6.07, 6.45) is -3.86. The van der Waals surface area contributed by atoms with Crippen molar-refractivity contribution in [2.45, 2.75) is 24.6 Å². The normalized spacial score (nSPS) is 30.5. The van der Waals surface area contributed by atoms with E-state index in [0.717, 1.165) is 17.0 Å². The summed E-state index contributed by atoms with van der Waals surface area (Å²) in [4.78, 5) is 26.3. The van der Waals surface area contributed by atoms with Gasteiger partial charge in [0.15, 0.2) is 18.1 Å². The molecule has 1 aliphatic rings. The van der Waals surface area contributed by atoms with Gasteiger partial charge in [-0.3, -0.25) is 14.2 Å². The summed E-state index contributed by atoms with van der Waals surface area (Å²) in [7, 11) is 0. The molecule has 1 amide bonds. The third-order valence-corrected chi connectivity index (χ3v) is 2.85. The van der Waals surface area contributed by atoms with Gasteiger partial charge in [0.25, 0.3) is 11.5 Å². The van der Waals surface area contributed by atoms with Crippen molar-refractivity contribution in [3.8, 4) is 0 Å². The van der Waals surface area contributed by atoms with Crippen LogP contribution in [0.25, 0.3) is 0 Å². The van der Waals surface area contributed by atoms with Crippen LogP contribution in [-0.2, 0) is 4.74 Å². The maximum absolute atomic E-state index is 13.8. The summed E-state index contributed by atoms with van der Waals surface area (Å²) in [5, 5.41) is 18.4. The van der Waals surface area contributed by atoms with Crippen molar-refractivity contribution < 1.29 is 24.1 Å². The van der Waals surface area contributed by atoms with Gasteiger partial charge in [-0.2, -0.15) is 0 Å². The van der Waals surface area contributed by atoms with E-state index in [4.69, 9.17) is 15.6 Å². The number of aliphatic hydroxyl groups is 2. The van der Waals surface area contributed by atoms with Crippen LogP contribution in [0.1, 0.15) is 16.7 Å². The third kappa shape index (κ3) is 2.23. The number of hydrogen-bond donors (Lipinski definition) is 3. The van der Waals surface area contributed by atoms with E-state index in [9.17, 15) is 19.1 Å². The zero-order valence-electron chi connectivity index (χ0n) is 9.64. The fourth-order valence-electron chi connectivity index (χ4n) is 1.87. The fourth-order valence-corrected chi connectivity index (χ4v) is 1.87. The van der Waals surface area contributed by atoms with Crippen molar-refractivity contribution in [2.24, 2.45) is 5.73 Å². The van der Waals surface area contributed by atoms with Gasteiger partial charge in [-0.1, -0.05) is 0 Å². The van der Waals surface area contributed by atoms with Gasteiger partial charge in [-0.25, -0.2) is 9.37 Å². The third-order valence-electron chi connectivity index (χ3n) is 2.85. The zero-order valence-corrected chi connectivity index (χ0v) is 9.64. The lowest BCUT2D eigenvalue weighted by molar-refractivity contribution is -0.0488. The quantitative estimate of drug-likeness (QED) is 0.580. The van der Waals surface area contributed by atoms with Crippen LogP contribution in [0.3, 0.4) is 0 Å². The van der Waals surface area contributed by atoms with Crippen molar-refractivity contribution in [3.05, 3.63) is 28.4 Å². The molecule has 19 heavy (non-hydrogen) atoms. The van der Waals surface area contributed by atoms with Crippen LogP contribution in [-0.4, -0.2) is 50.7 Å². The Balaban J connectivity index is 2.41. The Morgan fingerprint density at radius 2 is 2.32 bits per heavy atom. The molecule has 9 heteroatoms. The second kappa shape index (κ2) is 5.03. The Labute approximate surface area is 106 Å². The number of carbonyl (C=O) groups excluding carboxylic acids is 1. The molecule has 1 aromatic heterocycles. The molecule has 0 unspecified atom stereocenters. The van der Waals surface area contributed by atoms with Gasteiger partial charge in [0.1, 0.15) is 12.2 Å². The van der Waals surface area contributed by atoms with E-state index in [1.807, 2.05) is 0 Å². The first-order chi connectivity index (χ1) is 8.97.